The lowest BCUT2D eigenvalue weighted by Crippen LogP contribution is -2.51. The molecule has 0 heterocycles. The van der Waals surface area contributed by atoms with Crippen LogP contribution in [0.15, 0.2) is 0 Å². The van der Waals surface area contributed by atoms with Crippen LogP contribution in [-0.2, 0) is 9.59 Å². The summed E-state index contributed by atoms with van der Waals surface area (Å²) in [7, 11) is 0. The molecule has 0 radical (unpaired) electrons. The molecule has 0 aliphatic heterocycles. The van der Waals surface area contributed by atoms with Crippen molar-refractivity contribution in [1.82, 2.24) is 10.6 Å². The Balaban J connectivity index is 2.38. The molecular formula is C16H30N2O3. The van der Waals surface area contributed by atoms with Crippen molar-refractivity contribution in [3.63, 3.8) is 0 Å². The van der Waals surface area contributed by atoms with E-state index in [1.54, 1.807) is 13.8 Å². The highest BCUT2D eigenvalue weighted by molar-refractivity contribution is 5.88. The number of hydrogen-bond donors (Lipinski definition) is 3. The standard InChI is InChI=1S/C16H30N2O3/c1-11(2)16(4,21)10-17-14(19)12(3)18-15(20)13-8-6-5-7-9-13/h11-13,21H,5-10H2,1-4H3,(H,17,19)(H,18,20). The molecule has 2 atom stereocenters. The van der Waals surface area contributed by atoms with Crippen LogP contribution in [-0.4, -0.2) is 35.1 Å². The minimum atomic E-state index is -0.942. The van der Waals surface area contributed by atoms with Gasteiger partial charge < -0.3 is 15.7 Å². The van der Waals surface area contributed by atoms with Crippen molar-refractivity contribution in [2.24, 2.45) is 11.8 Å². The molecule has 3 N–H and O–H groups in total. The van der Waals surface area contributed by atoms with Gasteiger partial charge in [0.15, 0.2) is 0 Å². The van der Waals surface area contributed by atoms with Gasteiger partial charge in [0, 0.05) is 12.5 Å². The molecule has 1 saturated carbocycles. The van der Waals surface area contributed by atoms with Crippen LogP contribution >= 0.6 is 0 Å². The summed E-state index contributed by atoms with van der Waals surface area (Å²) in [5.41, 5.74) is -0.942. The summed E-state index contributed by atoms with van der Waals surface area (Å²) in [5.74, 6) is -0.175. The van der Waals surface area contributed by atoms with Gasteiger partial charge in [-0.15, -0.1) is 0 Å². The first-order valence-electron chi connectivity index (χ1n) is 8.04. The van der Waals surface area contributed by atoms with Gasteiger partial charge in [-0.25, -0.2) is 0 Å². The molecule has 1 rings (SSSR count). The first kappa shape index (κ1) is 18.0. The largest absolute Gasteiger partial charge is 0.388 e. The second kappa shape index (κ2) is 7.78. The predicted octanol–water partition coefficient (Wildman–Crippen LogP) is 1.59. The van der Waals surface area contributed by atoms with Crippen molar-refractivity contribution in [3.8, 4) is 0 Å². The summed E-state index contributed by atoms with van der Waals surface area (Å²) in [5, 5.41) is 15.6. The van der Waals surface area contributed by atoms with E-state index in [1.165, 1.54) is 6.42 Å². The first-order valence-corrected chi connectivity index (χ1v) is 8.04. The summed E-state index contributed by atoms with van der Waals surface area (Å²) < 4.78 is 0. The molecule has 0 aromatic heterocycles. The number of hydrogen-bond acceptors (Lipinski definition) is 3. The van der Waals surface area contributed by atoms with Gasteiger partial charge in [0.05, 0.1) is 5.60 Å². The Morgan fingerprint density at radius 2 is 1.76 bits per heavy atom. The van der Waals surface area contributed by atoms with Crippen LogP contribution in [0.25, 0.3) is 0 Å². The molecule has 1 aliphatic carbocycles. The minimum absolute atomic E-state index is 0.0204. The highest BCUT2D eigenvalue weighted by atomic mass is 16.3. The lowest BCUT2D eigenvalue weighted by Gasteiger charge is -2.29. The molecule has 122 valence electrons. The minimum Gasteiger partial charge on any atom is -0.388 e. The molecule has 0 spiro atoms. The highest BCUT2D eigenvalue weighted by Crippen LogP contribution is 2.23. The Morgan fingerprint density at radius 1 is 1.19 bits per heavy atom. The van der Waals surface area contributed by atoms with E-state index in [0.29, 0.717) is 0 Å². The highest BCUT2D eigenvalue weighted by Gasteiger charge is 2.28. The Bertz CT molecular complexity index is 361. The Kier molecular flexibility index (Phi) is 6.65. The van der Waals surface area contributed by atoms with Crippen molar-refractivity contribution in [1.29, 1.82) is 0 Å². The van der Waals surface area contributed by atoms with Crippen LogP contribution in [0.5, 0.6) is 0 Å². The van der Waals surface area contributed by atoms with Crippen LogP contribution < -0.4 is 10.6 Å². The number of amides is 2. The van der Waals surface area contributed by atoms with Crippen molar-refractivity contribution in [3.05, 3.63) is 0 Å². The summed E-state index contributed by atoms with van der Waals surface area (Å²) in [6, 6.07) is -0.567. The SMILES string of the molecule is CC(NC(=O)C1CCCCC1)C(=O)NCC(C)(O)C(C)C. The second-order valence-corrected chi connectivity index (χ2v) is 6.79. The molecule has 2 amide bonds. The van der Waals surface area contributed by atoms with E-state index in [4.69, 9.17) is 0 Å². The van der Waals surface area contributed by atoms with E-state index >= 15 is 0 Å². The quantitative estimate of drug-likeness (QED) is 0.697. The maximum Gasteiger partial charge on any atom is 0.242 e. The molecule has 0 saturated heterocycles. The van der Waals surface area contributed by atoms with Crippen LogP contribution in [0.3, 0.4) is 0 Å². The van der Waals surface area contributed by atoms with Crippen molar-refractivity contribution in [2.45, 2.75) is 71.4 Å². The third-order valence-corrected chi connectivity index (χ3v) is 4.59. The fourth-order valence-corrected chi connectivity index (χ4v) is 2.38. The van der Waals surface area contributed by atoms with Gasteiger partial charge in [0.1, 0.15) is 6.04 Å². The summed E-state index contributed by atoms with van der Waals surface area (Å²) in [6.45, 7) is 7.37. The normalized spacial score (nSPS) is 20.7. The number of carbonyl (C=O) groups excluding carboxylic acids is 2. The van der Waals surface area contributed by atoms with Crippen LogP contribution in [0, 0.1) is 11.8 Å². The molecule has 0 aromatic carbocycles. The number of nitrogens with one attached hydrogen (secondary N) is 2. The predicted molar refractivity (Wildman–Crippen MR) is 82.7 cm³/mol. The number of carbonyl (C=O) groups is 2. The van der Waals surface area contributed by atoms with Crippen LogP contribution in [0.4, 0.5) is 0 Å². The Morgan fingerprint density at radius 3 is 2.29 bits per heavy atom. The number of aliphatic hydroxyl groups is 1. The van der Waals surface area contributed by atoms with E-state index in [2.05, 4.69) is 10.6 Å². The lowest BCUT2D eigenvalue weighted by atomic mass is 9.88. The summed E-state index contributed by atoms with van der Waals surface area (Å²) in [4.78, 5) is 24.1. The molecule has 1 aliphatic rings. The fourth-order valence-electron chi connectivity index (χ4n) is 2.38. The average Bonchev–Trinajstić information content (AvgIpc) is 2.45. The summed E-state index contributed by atoms with van der Waals surface area (Å²) in [6.07, 6.45) is 5.22. The van der Waals surface area contributed by atoms with Crippen molar-refractivity contribution in [2.75, 3.05) is 6.54 Å². The molecule has 0 aromatic rings. The molecule has 1 fully saturated rings. The maximum atomic E-state index is 12.1. The topological polar surface area (TPSA) is 78.4 Å². The molecular weight excluding hydrogens is 268 g/mol. The number of rotatable bonds is 6. The van der Waals surface area contributed by atoms with Gasteiger partial charge in [0.2, 0.25) is 11.8 Å². The monoisotopic (exact) mass is 298 g/mol. The van der Waals surface area contributed by atoms with E-state index in [0.717, 1.165) is 25.7 Å². The molecule has 5 heteroatoms. The Labute approximate surface area is 127 Å². The molecule has 0 bridgehead atoms. The molecule has 5 nitrogen and oxygen atoms in total. The third kappa shape index (κ3) is 5.65. The first-order chi connectivity index (χ1) is 9.74. The van der Waals surface area contributed by atoms with Gasteiger partial charge in [-0.3, -0.25) is 9.59 Å². The van der Waals surface area contributed by atoms with Gasteiger partial charge in [-0.05, 0) is 32.6 Å². The van der Waals surface area contributed by atoms with E-state index < -0.39 is 11.6 Å². The third-order valence-electron chi connectivity index (χ3n) is 4.59. The van der Waals surface area contributed by atoms with Gasteiger partial charge in [-0.2, -0.15) is 0 Å². The van der Waals surface area contributed by atoms with Gasteiger partial charge in [-0.1, -0.05) is 33.1 Å². The smallest absolute Gasteiger partial charge is 0.242 e. The van der Waals surface area contributed by atoms with Gasteiger partial charge >= 0.3 is 0 Å². The van der Waals surface area contributed by atoms with Crippen molar-refractivity contribution >= 4 is 11.8 Å². The molecule has 21 heavy (non-hydrogen) atoms. The van der Waals surface area contributed by atoms with Crippen molar-refractivity contribution < 1.29 is 14.7 Å². The van der Waals surface area contributed by atoms with Crippen LogP contribution in [0.2, 0.25) is 0 Å². The Hall–Kier alpha value is -1.10. The zero-order valence-electron chi connectivity index (χ0n) is 13.7. The van der Waals surface area contributed by atoms with E-state index in [9.17, 15) is 14.7 Å². The van der Waals surface area contributed by atoms with Crippen LogP contribution in [0.1, 0.15) is 59.8 Å². The lowest BCUT2D eigenvalue weighted by molar-refractivity contribution is -0.132. The van der Waals surface area contributed by atoms with E-state index in [1.807, 2.05) is 13.8 Å². The average molecular weight is 298 g/mol. The second-order valence-electron chi connectivity index (χ2n) is 6.79. The maximum absolute atomic E-state index is 12.1. The fraction of sp³-hybridized carbons (Fsp3) is 0.875. The molecule has 2 unspecified atom stereocenters. The van der Waals surface area contributed by atoms with Gasteiger partial charge in [0.25, 0.3) is 0 Å². The van der Waals surface area contributed by atoms with E-state index in [-0.39, 0.29) is 30.2 Å². The zero-order valence-corrected chi connectivity index (χ0v) is 13.7. The zero-order chi connectivity index (χ0) is 16.0. The summed E-state index contributed by atoms with van der Waals surface area (Å²) >= 11 is 0.